The van der Waals surface area contributed by atoms with Crippen LogP contribution in [0.1, 0.15) is 52.0 Å². The molecule has 1 aliphatic heterocycles. The maximum atomic E-state index is 3.76. The van der Waals surface area contributed by atoms with Gasteiger partial charge in [-0.05, 0) is 67.2 Å². The van der Waals surface area contributed by atoms with Gasteiger partial charge in [-0.2, -0.15) is 0 Å². The number of halogens is 1. The lowest BCUT2D eigenvalue weighted by Crippen LogP contribution is -2.35. The van der Waals surface area contributed by atoms with Gasteiger partial charge in [0.15, 0.2) is 0 Å². The van der Waals surface area contributed by atoms with Crippen LogP contribution in [0.2, 0.25) is 0 Å². The molecule has 0 aliphatic carbocycles. The fraction of sp³-hybridized carbons (Fsp3) is 0.647. The van der Waals surface area contributed by atoms with Crippen molar-refractivity contribution >= 4 is 21.6 Å². The van der Waals surface area contributed by atoms with Gasteiger partial charge in [-0.1, -0.05) is 18.9 Å². The topological polar surface area (TPSA) is 15.3 Å². The van der Waals surface area contributed by atoms with Crippen LogP contribution >= 0.6 is 15.9 Å². The summed E-state index contributed by atoms with van der Waals surface area (Å²) < 4.78 is 1.23. The van der Waals surface area contributed by atoms with Crippen LogP contribution in [-0.4, -0.2) is 18.6 Å². The van der Waals surface area contributed by atoms with Crippen LogP contribution in [0.25, 0.3) is 0 Å². The molecule has 1 aromatic rings. The third kappa shape index (κ3) is 4.78. The summed E-state index contributed by atoms with van der Waals surface area (Å²) >= 11 is 3.76. The van der Waals surface area contributed by atoms with Gasteiger partial charge in [0.1, 0.15) is 0 Å². The minimum absolute atomic E-state index is 0.163. The van der Waals surface area contributed by atoms with E-state index in [1.807, 2.05) is 0 Å². The standard InChI is InChI=1S/C17H27BrN2/c1-17(2,3)19-13-14-8-9-16(15(18)12-14)20-10-6-4-5-7-11-20/h8-9,12,19H,4-7,10-11,13H2,1-3H3. The van der Waals surface area contributed by atoms with Gasteiger partial charge in [-0.25, -0.2) is 0 Å². The van der Waals surface area contributed by atoms with Crippen LogP contribution in [0.4, 0.5) is 5.69 Å². The van der Waals surface area contributed by atoms with Crippen molar-refractivity contribution in [3.63, 3.8) is 0 Å². The molecule has 0 amide bonds. The summed E-state index contributed by atoms with van der Waals surface area (Å²) in [5.74, 6) is 0. The summed E-state index contributed by atoms with van der Waals surface area (Å²) in [6.07, 6.45) is 5.39. The number of nitrogens with zero attached hydrogens (tertiary/aromatic N) is 1. The monoisotopic (exact) mass is 338 g/mol. The summed E-state index contributed by atoms with van der Waals surface area (Å²) in [7, 11) is 0. The highest BCUT2D eigenvalue weighted by atomic mass is 79.9. The SMILES string of the molecule is CC(C)(C)NCc1ccc(N2CCCCCC2)c(Br)c1. The van der Waals surface area contributed by atoms with Gasteiger partial charge >= 0.3 is 0 Å². The van der Waals surface area contributed by atoms with E-state index in [1.54, 1.807) is 0 Å². The zero-order valence-electron chi connectivity index (χ0n) is 13.0. The Morgan fingerprint density at radius 3 is 2.30 bits per heavy atom. The molecule has 2 nitrogen and oxygen atoms in total. The number of rotatable bonds is 3. The van der Waals surface area contributed by atoms with Crippen LogP contribution in [0.5, 0.6) is 0 Å². The zero-order chi connectivity index (χ0) is 14.6. The van der Waals surface area contributed by atoms with Crippen molar-refractivity contribution in [2.45, 2.75) is 58.5 Å². The molecule has 1 fully saturated rings. The van der Waals surface area contributed by atoms with Crippen molar-refractivity contribution in [3.8, 4) is 0 Å². The molecule has 1 saturated heterocycles. The summed E-state index contributed by atoms with van der Waals surface area (Å²) in [5.41, 5.74) is 2.85. The molecule has 0 radical (unpaired) electrons. The largest absolute Gasteiger partial charge is 0.371 e. The van der Waals surface area contributed by atoms with E-state index in [2.05, 4.69) is 65.1 Å². The average Bonchev–Trinajstić information content (AvgIpc) is 2.64. The van der Waals surface area contributed by atoms with E-state index >= 15 is 0 Å². The third-order valence-electron chi connectivity index (χ3n) is 3.78. The van der Waals surface area contributed by atoms with Crippen LogP contribution < -0.4 is 10.2 Å². The molecule has 0 spiro atoms. The Hall–Kier alpha value is -0.540. The molecule has 1 aromatic carbocycles. The van der Waals surface area contributed by atoms with E-state index < -0.39 is 0 Å². The first-order valence-corrected chi connectivity index (χ1v) is 8.53. The molecule has 1 N–H and O–H groups in total. The van der Waals surface area contributed by atoms with Gasteiger partial charge in [0.05, 0.1) is 5.69 Å². The lowest BCUT2D eigenvalue weighted by atomic mass is 10.1. The van der Waals surface area contributed by atoms with E-state index in [0.29, 0.717) is 0 Å². The molecule has 112 valence electrons. The molecule has 1 aliphatic rings. The number of benzene rings is 1. The predicted molar refractivity (Wildman–Crippen MR) is 91.4 cm³/mol. The predicted octanol–water partition coefficient (Wildman–Crippen LogP) is 4.72. The first kappa shape index (κ1) is 15.8. The summed E-state index contributed by atoms with van der Waals surface area (Å²) in [5, 5.41) is 3.54. The average molecular weight is 339 g/mol. The second kappa shape index (κ2) is 6.95. The minimum Gasteiger partial charge on any atom is -0.371 e. The molecule has 0 aromatic heterocycles. The van der Waals surface area contributed by atoms with Gasteiger partial charge in [0.25, 0.3) is 0 Å². The van der Waals surface area contributed by atoms with Gasteiger partial charge in [0, 0.05) is 29.6 Å². The van der Waals surface area contributed by atoms with Crippen LogP contribution in [-0.2, 0) is 6.54 Å². The quantitative estimate of drug-likeness (QED) is 0.857. The highest BCUT2D eigenvalue weighted by Gasteiger charge is 2.14. The maximum Gasteiger partial charge on any atom is 0.0510 e. The molecular weight excluding hydrogens is 312 g/mol. The van der Waals surface area contributed by atoms with Crippen LogP contribution in [0, 0.1) is 0 Å². The Morgan fingerprint density at radius 2 is 1.75 bits per heavy atom. The zero-order valence-corrected chi connectivity index (χ0v) is 14.6. The van der Waals surface area contributed by atoms with E-state index in [9.17, 15) is 0 Å². The number of hydrogen-bond donors (Lipinski definition) is 1. The van der Waals surface area contributed by atoms with Crippen molar-refractivity contribution in [1.82, 2.24) is 5.32 Å². The van der Waals surface area contributed by atoms with Crippen molar-refractivity contribution in [2.24, 2.45) is 0 Å². The highest BCUT2D eigenvalue weighted by molar-refractivity contribution is 9.10. The van der Waals surface area contributed by atoms with Gasteiger partial charge in [0.2, 0.25) is 0 Å². The lowest BCUT2D eigenvalue weighted by Gasteiger charge is -2.25. The summed E-state index contributed by atoms with van der Waals surface area (Å²) in [6.45, 7) is 9.91. The Kier molecular flexibility index (Phi) is 5.50. The fourth-order valence-corrected chi connectivity index (χ4v) is 3.27. The second-order valence-corrected chi connectivity index (χ2v) is 7.64. The smallest absolute Gasteiger partial charge is 0.0510 e. The number of hydrogen-bond acceptors (Lipinski definition) is 2. The van der Waals surface area contributed by atoms with E-state index in [1.165, 1.54) is 54.5 Å². The summed E-state index contributed by atoms with van der Waals surface area (Å²) in [6, 6.07) is 6.79. The molecule has 2 rings (SSSR count). The van der Waals surface area contributed by atoms with Crippen molar-refractivity contribution in [1.29, 1.82) is 0 Å². The number of nitrogens with one attached hydrogen (secondary N) is 1. The Balaban J connectivity index is 2.05. The van der Waals surface area contributed by atoms with Crippen molar-refractivity contribution in [3.05, 3.63) is 28.2 Å². The van der Waals surface area contributed by atoms with Gasteiger partial charge < -0.3 is 10.2 Å². The van der Waals surface area contributed by atoms with E-state index in [0.717, 1.165) is 6.54 Å². The Morgan fingerprint density at radius 1 is 1.10 bits per heavy atom. The normalized spacial score (nSPS) is 17.1. The summed E-state index contributed by atoms with van der Waals surface area (Å²) in [4.78, 5) is 2.53. The molecule has 0 bridgehead atoms. The molecule has 0 atom stereocenters. The van der Waals surface area contributed by atoms with Gasteiger partial charge in [-0.15, -0.1) is 0 Å². The first-order valence-electron chi connectivity index (χ1n) is 7.74. The molecular formula is C17H27BrN2. The second-order valence-electron chi connectivity index (χ2n) is 6.79. The number of anilines is 1. The maximum absolute atomic E-state index is 3.76. The van der Waals surface area contributed by atoms with Gasteiger partial charge in [-0.3, -0.25) is 0 Å². The highest BCUT2D eigenvalue weighted by Crippen LogP contribution is 2.29. The van der Waals surface area contributed by atoms with E-state index in [4.69, 9.17) is 0 Å². The first-order chi connectivity index (χ1) is 9.46. The minimum atomic E-state index is 0.163. The molecule has 3 heteroatoms. The molecule has 20 heavy (non-hydrogen) atoms. The van der Waals surface area contributed by atoms with Crippen LogP contribution in [0.15, 0.2) is 22.7 Å². The Bertz CT molecular complexity index is 429. The van der Waals surface area contributed by atoms with Crippen molar-refractivity contribution < 1.29 is 0 Å². The third-order valence-corrected chi connectivity index (χ3v) is 4.42. The Labute approximate surface area is 132 Å². The molecule has 0 unspecified atom stereocenters. The van der Waals surface area contributed by atoms with E-state index in [-0.39, 0.29) is 5.54 Å². The molecule has 1 heterocycles. The van der Waals surface area contributed by atoms with Crippen LogP contribution in [0.3, 0.4) is 0 Å². The lowest BCUT2D eigenvalue weighted by molar-refractivity contribution is 0.424. The molecule has 0 saturated carbocycles. The fourth-order valence-electron chi connectivity index (χ4n) is 2.60. The van der Waals surface area contributed by atoms with Crippen molar-refractivity contribution in [2.75, 3.05) is 18.0 Å².